The molecule has 0 aromatic heterocycles. The molecular weight excluding hydrogens is 359 g/mol. The number of aryl methyl sites for hydroxylation is 1. The Kier molecular flexibility index (Phi) is 4.25. The van der Waals surface area contributed by atoms with E-state index in [2.05, 4.69) is 20.7 Å². The number of anilines is 2. The Morgan fingerprint density at radius 2 is 1.86 bits per heavy atom. The number of benzene rings is 2. The SMILES string of the molecule is Cc1ccc(NS(=O)(=O)c2cc(N)c(C)c(F)c2)c(Br)c1. The van der Waals surface area contributed by atoms with Crippen LogP contribution in [0.25, 0.3) is 0 Å². The number of sulfonamides is 1. The van der Waals surface area contributed by atoms with Gasteiger partial charge in [-0.25, -0.2) is 12.8 Å². The van der Waals surface area contributed by atoms with Crippen LogP contribution in [0.1, 0.15) is 11.1 Å². The zero-order valence-electron chi connectivity index (χ0n) is 11.4. The Morgan fingerprint density at radius 1 is 1.19 bits per heavy atom. The van der Waals surface area contributed by atoms with Crippen molar-refractivity contribution < 1.29 is 12.8 Å². The molecule has 2 rings (SSSR count). The number of nitrogens with two attached hydrogens (primary N) is 1. The molecule has 2 aromatic rings. The summed E-state index contributed by atoms with van der Waals surface area (Å²) in [5, 5.41) is 0. The second kappa shape index (κ2) is 5.65. The van der Waals surface area contributed by atoms with Crippen molar-refractivity contribution in [1.29, 1.82) is 0 Å². The highest BCUT2D eigenvalue weighted by Gasteiger charge is 2.18. The van der Waals surface area contributed by atoms with E-state index in [1.54, 1.807) is 18.2 Å². The number of nitrogens with one attached hydrogen (secondary N) is 1. The van der Waals surface area contributed by atoms with Crippen molar-refractivity contribution in [3.8, 4) is 0 Å². The van der Waals surface area contributed by atoms with Gasteiger partial charge in [0.1, 0.15) is 5.82 Å². The maximum Gasteiger partial charge on any atom is 0.262 e. The standard InChI is InChI=1S/C14H14BrFN2O2S/c1-8-3-4-14(11(15)5-8)18-21(19,20)10-6-12(16)9(2)13(17)7-10/h3-7,18H,17H2,1-2H3. The molecule has 0 saturated heterocycles. The maximum absolute atomic E-state index is 13.7. The van der Waals surface area contributed by atoms with Gasteiger partial charge in [-0.15, -0.1) is 0 Å². The summed E-state index contributed by atoms with van der Waals surface area (Å²) in [6.07, 6.45) is 0. The summed E-state index contributed by atoms with van der Waals surface area (Å²) in [6, 6.07) is 7.37. The second-order valence-corrected chi connectivity index (χ2v) is 7.24. The third-order valence-corrected chi connectivity index (χ3v) is 5.04. The zero-order chi connectivity index (χ0) is 15.8. The van der Waals surface area contributed by atoms with E-state index in [1.165, 1.54) is 13.0 Å². The highest BCUT2D eigenvalue weighted by Crippen LogP contribution is 2.27. The summed E-state index contributed by atoms with van der Waals surface area (Å²) >= 11 is 3.29. The topological polar surface area (TPSA) is 72.2 Å². The Morgan fingerprint density at radius 3 is 2.43 bits per heavy atom. The minimum Gasteiger partial charge on any atom is -0.398 e. The lowest BCUT2D eigenvalue weighted by atomic mass is 10.2. The van der Waals surface area contributed by atoms with Crippen molar-refractivity contribution in [2.45, 2.75) is 18.7 Å². The number of nitrogen functional groups attached to an aromatic ring is 1. The molecule has 0 heterocycles. The molecule has 4 nitrogen and oxygen atoms in total. The van der Waals surface area contributed by atoms with Gasteiger partial charge in [-0.05, 0) is 59.6 Å². The third kappa shape index (κ3) is 3.36. The lowest BCUT2D eigenvalue weighted by Crippen LogP contribution is -2.14. The molecule has 0 aliphatic carbocycles. The van der Waals surface area contributed by atoms with Crippen LogP contribution in [-0.4, -0.2) is 8.42 Å². The van der Waals surface area contributed by atoms with Crippen LogP contribution in [0.2, 0.25) is 0 Å². The first-order valence-corrected chi connectivity index (χ1v) is 8.33. The predicted molar refractivity (Wildman–Crippen MR) is 85.2 cm³/mol. The monoisotopic (exact) mass is 372 g/mol. The van der Waals surface area contributed by atoms with Crippen LogP contribution < -0.4 is 10.5 Å². The highest BCUT2D eigenvalue weighted by atomic mass is 79.9. The van der Waals surface area contributed by atoms with Crippen LogP contribution in [0, 0.1) is 19.7 Å². The van der Waals surface area contributed by atoms with Crippen molar-refractivity contribution in [1.82, 2.24) is 0 Å². The quantitative estimate of drug-likeness (QED) is 0.808. The van der Waals surface area contributed by atoms with Crippen LogP contribution in [0.4, 0.5) is 15.8 Å². The smallest absolute Gasteiger partial charge is 0.262 e. The lowest BCUT2D eigenvalue weighted by Gasteiger charge is -2.12. The molecule has 0 saturated carbocycles. The normalized spacial score (nSPS) is 11.4. The molecule has 0 bridgehead atoms. The molecule has 112 valence electrons. The summed E-state index contributed by atoms with van der Waals surface area (Å²) in [6.45, 7) is 3.38. The summed E-state index contributed by atoms with van der Waals surface area (Å²) in [4.78, 5) is -0.212. The molecule has 0 aliphatic heterocycles. The van der Waals surface area contributed by atoms with Gasteiger partial charge in [-0.1, -0.05) is 6.07 Å². The van der Waals surface area contributed by atoms with E-state index in [0.29, 0.717) is 10.2 Å². The van der Waals surface area contributed by atoms with Crippen molar-refractivity contribution in [2.75, 3.05) is 10.5 Å². The third-order valence-electron chi connectivity index (χ3n) is 3.04. The van der Waals surface area contributed by atoms with Gasteiger partial charge < -0.3 is 5.73 Å². The fraction of sp³-hybridized carbons (Fsp3) is 0.143. The van der Waals surface area contributed by atoms with E-state index < -0.39 is 15.8 Å². The first-order chi connectivity index (χ1) is 9.70. The highest BCUT2D eigenvalue weighted by molar-refractivity contribution is 9.10. The van der Waals surface area contributed by atoms with Gasteiger partial charge in [0.15, 0.2) is 0 Å². The Labute approximate surface area is 131 Å². The number of hydrogen-bond donors (Lipinski definition) is 2. The van der Waals surface area contributed by atoms with E-state index in [-0.39, 0.29) is 16.1 Å². The van der Waals surface area contributed by atoms with Crippen molar-refractivity contribution in [3.63, 3.8) is 0 Å². The summed E-state index contributed by atoms with van der Waals surface area (Å²) < 4.78 is 41.3. The van der Waals surface area contributed by atoms with E-state index in [1.807, 2.05) is 6.92 Å². The van der Waals surface area contributed by atoms with Gasteiger partial charge in [0, 0.05) is 15.7 Å². The number of halogens is 2. The van der Waals surface area contributed by atoms with Gasteiger partial charge >= 0.3 is 0 Å². The molecule has 0 aliphatic rings. The summed E-state index contributed by atoms with van der Waals surface area (Å²) in [7, 11) is -3.91. The molecule has 0 radical (unpaired) electrons. The first kappa shape index (κ1) is 15.8. The molecule has 3 N–H and O–H groups in total. The minimum absolute atomic E-state index is 0.0957. The number of rotatable bonds is 3. The van der Waals surface area contributed by atoms with Crippen LogP contribution in [0.5, 0.6) is 0 Å². The van der Waals surface area contributed by atoms with E-state index >= 15 is 0 Å². The van der Waals surface area contributed by atoms with Gasteiger partial charge in [0.2, 0.25) is 0 Å². The first-order valence-electron chi connectivity index (χ1n) is 6.05. The van der Waals surface area contributed by atoms with E-state index in [9.17, 15) is 12.8 Å². The summed E-state index contributed by atoms with van der Waals surface area (Å²) in [5.74, 6) is -0.654. The maximum atomic E-state index is 13.7. The summed E-state index contributed by atoms with van der Waals surface area (Å²) in [5.41, 5.74) is 7.30. The molecule has 0 amide bonds. The van der Waals surface area contributed by atoms with E-state index in [0.717, 1.165) is 11.6 Å². The minimum atomic E-state index is -3.91. The van der Waals surface area contributed by atoms with Crippen molar-refractivity contribution >= 4 is 37.3 Å². The molecule has 0 unspecified atom stereocenters. The van der Waals surface area contributed by atoms with Crippen LogP contribution in [0.3, 0.4) is 0 Å². The van der Waals surface area contributed by atoms with Gasteiger partial charge in [-0.3, -0.25) is 4.72 Å². The second-order valence-electron chi connectivity index (χ2n) is 4.71. The molecule has 0 fully saturated rings. The molecular formula is C14H14BrFN2O2S. The molecule has 2 aromatic carbocycles. The Hall–Kier alpha value is -1.60. The van der Waals surface area contributed by atoms with Crippen molar-refractivity contribution in [2.24, 2.45) is 0 Å². The molecule has 21 heavy (non-hydrogen) atoms. The van der Waals surface area contributed by atoms with Crippen LogP contribution in [0.15, 0.2) is 39.7 Å². The van der Waals surface area contributed by atoms with Gasteiger partial charge in [0.25, 0.3) is 10.0 Å². The van der Waals surface area contributed by atoms with E-state index in [4.69, 9.17) is 5.73 Å². The van der Waals surface area contributed by atoms with Crippen LogP contribution >= 0.6 is 15.9 Å². The fourth-order valence-electron chi connectivity index (χ4n) is 1.74. The molecule has 0 atom stereocenters. The predicted octanol–water partition coefficient (Wildman–Crippen LogP) is 3.59. The number of hydrogen-bond acceptors (Lipinski definition) is 3. The Bertz CT molecular complexity index is 784. The van der Waals surface area contributed by atoms with Gasteiger partial charge in [-0.2, -0.15) is 0 Å². The zero-order valence-corrected chi connectivity index (χ0v) is 13.8. The average molecular weight is 373 g/mol. The molecule has 7 heteroatoms. The fourth-order valence-corrected chi connectivity index (χ4v) is 3.59. The van der Waals surface area contributed by atoms with Crippen LogP contribution in [-0.2, 0) is 10.0 Å². The average Bonchev–Trinajstić information content (AvgIpc) is 2.38. The Balaban J connectivity index is 2.43. The van der Waals surface area contributed by atoms with Gasteiger partial charge in [0.05, 0.1) is 10.6 Å². The molecule has 0 spiro atoms. The largest absolute Gasteiger partial charge is 0.398 e. The lowest BCUT2D eigenvalue weighted by molar-refractivity contribution is 0.593. The van der Waals surface area contributed by atoms with Crippen molar-refractivity contribution in [3.05, 3.63) is 51.7 Å².